The molecule has 2 amide bonds. The molecule has 0 heterocycles. The predicted octanol–water partition coefficient (Wildman–Crippen LogP) is 3.20. The number of likely N-dealkylation sites (N-methyl/N-ethyl adjacent to an activating group) is 1. The van der Waals surface area contributed by atoms with Crippen molar-refractivity contribution >= 4 is 50.7 Å². The summed E-state index contributed by atoms with van der Waals surface area (Å²) in [6, 6.07) is 6.15. The Balaban J connectivity index is 2.46. The number of halogens is 4. The average molecular weight is 508 g/mol. The lowest BCUT2D eigenvalue weighted by Gasteiger charge is -2.31. The largest absolute Gasteiger partial charge is 0.357 e. The van der Waals surface area contributed by atoms with Crippen molar-refractivity contribution < 1.29 is 26.8 Å². The van der Waals surface area contributed by atoms with Crippen LogP contribution in [0.25, 0.3) is 0 Å². The molecule has 174 valence electrons. The van der Waals surface area contributed by atoms with Crippen molar-refractivity contribution in [2.45, 2.75) is 19.5 Å². The first-order valence-electron chi connectivity index (χ1n) is 9.23. The van der Waals surface area contributed by atoms with Gasteiger partial charge in [0.05, 0.1) is 11.9 Å². The highest BCUT2D eigenvalue weighted by Gasteiger charge is 2.30. The summed E-state index contributed by atoms with van der Waals surface area (Å²) >= 11 is 12.4. The first-order valence-corrected chi connectivity index (χ1v) is 11.8. The molecule has 0 saturated carbocycles. The van der Waals surface area contributed by atoms with Gasteiger partial charge in [-0.2, -0.15) is 0 Å². The monoisotopic (exact) mass is 507 g/mol. The molecule has 0 aromatic heterocycles. The van der Waals surface area contributed by atoms with E-state index in [9.17, 15) is 26.8 Å². The molecule has 0 unspecified atom stereocenters. The topological polar surface area (TPSA) is 86.8 Å². The Morgan fingerprint density at radius 1 is 1.09 bits per heavy atom. The second-order valence-electron chi connectivity index (χ2n) is 6.88. The molecular formula is C20H21Cl2F2N3O4S. The highest BCUT2D eigenvalue weighted by molar-refractivity contribution is 7.92. The average Bonchev–Trinajstić information content (AvgIpc) is 2.72. The van der Waals surface area contributed by atoms with Gasteiger partial charge in [0.2, 0.25) is 21.8 Å². The molecule has 2 aromatic carbocycles. The Kier molecular flexibility index (Phi) is 8.44. The van der Waals surface area contributed by atoms with Crippen molar-refractivity contribution in [2.75, 3.05) is 24.2 Å². The summed E-state index contributed by atoms with van der Waals surface area (Å²) in [5.41, 5.74) is 0.113. The van der Waals surface area contributed by atoms with E-state index in [1.165, 1.54) is 14.0 Å². The summed E-state index contributed by atoms with van der Waals surface area (Å²) < 4.78 is 52.3. The Hall–Kier alpha value is -2.43. The lowest BCUT2D eigenvalue weighted by molar-refractivity contribution is -0.139. The van der Waals surface area contributed by atoms with E-state index in [1.807, 2.05) is 0 Å². The number of benzene rings is 2. The van der Waals surface area contributed by atoms with Gasteiger partial charge in [-0.15, -0.1) is 0 Å². The normalized spacial score (nSPS) is 12.2. The second kappa shape index (κ2) is 10.5. The molecule has 0 bridgehead atoms. The number of carbonyl (C=O) groups is 2. The van der Waals surface area contributed by atoms with Gasteiger partial charge < -0.3 is 10.2 Å². The van der Waals surface area contributed by atoms with Crippen molar-refractivity contribution in [2.24, 2.45) is 0 Å². The molecule has 12 heteroatoms. The highest BCUT2D eigenvalue weighted by atomic mass is 35.5. The molecule has 0 fully saturated rings. The molecule has 0 spiro atoms. The first kappa shape index (κ1) is 25.8. The number of nitrogens with zero attached hydrogens (tertiary/aromatic N) is 2. The van der Waals surface area contributed by atoms with Crippen LogP contribution < -0.4 is 9.62 Å². The Morgan fingerprint density at radius 2 is 1.69 bits per heavy atom. The molecule has 2 rings (SSSR count). The third-order valence-corrected chi connectivity index (χ3v) is 6.52. The number of amides is 2. The fraction of sp³-hybridized carbons (Fsp3) is 0.300. The van der Waals surface area contributed by atoms with Gasteiger partial charge in [-0.1, -0.05) is 29.3 Å². The van der Waals surface area contributed by atoms with Gasteiger partial charge in [-0.05, 0) is 31.2 Å². The van der Waals surface area contributed by atoms with Crippen LogP contribution >= 0.6 is 23.2 Å². The minimum Gasteiger partial charge on any atom is -0.357 e. The van der Waals surface area contributed by atoms with Crippen LogP contribution in [0.1, 0.15) is 12.5 Å². The van der Waals surface area contributed by atoms with Gasteiger partial charge in [0.15, 0.2) is 11.6 Å². The zero-order chi connectivity index (χ0) is 24.2. The number of anilines is 1. The minimum absolute atomic E-state index is 0.193. The van der Waals surface area contributed by atoms with E-state index in [4.69, 9.17) is 23.2 Å². The summed E-state index contributed by atoms with van der Waals surface area (Å²) in [6.45, 7) is 0.485. The van der Waals surface area contributed by atoms with Gasteiger partial charge in [-0.3, -0.25) is 13.9 Å². The first-order chi connectivity index (χ1) is 14.9. The zero-order valence-electron chi connectivity index (χ0n) is 17.4. The molecule has 0 radical (unpaired) electrons. The van der Waals surface area contributed by atoms with Crippen molar-refractivity contribution in [3.05, 3.63) is 63.6 Å². The highest BCUT2D eigenvalue weighted by Crippen LogP contribution is 2.27. The maximum atomic E-state index is 13.7. The van der Waals surface area contributed by atoms with E-state index in [0.717, 1.165) is 23.3 Å². The third kappa shape index (κ3) is 6.08. The van der Waals surface area contributed by atoms with Crippen LogP contribution in [-0.4, -0.2) is 51.0 Å². The molecule has 0 saturated heterocycles. The Bertz CT molecular complexity index is 1110. The summed E-state index contributed by atoms with van der Waals surface area (Å²) in [5.74, 6) is -3.74. The molecule has 0 aliphatic carbocycles. The smallest absolute Gasteiger partial charge is 0.244 e. The van der Waals surface area contributed by atoms with Crippen LogP contribution in [0.3, 0.4) is 0 Å². The standard InChI is InChI=1S/C20H21Cl2F2N3O4S/c1-12(20(29)25-2)26(10-14-15(21)5-4-6-16(14)22)19(28)11-27(32(3,30)31)13-7-8-17(23)18(24)9-13/h4-9,12H,10-11H2,1-3H3,(H,25,29)/t12-/m1/s1. The molecule has 32 heavy (non-hydrogen) atoms. The number of rotatable bonds is 8. The van der Waals surface area contributed by atoms with Crippen LogP contribution in [0.5, 0.6) is 0 Å². The summed E-state index contributed by atoms with van der Waals surface area (Å²) in [7, 11) is -2.69. The van der Waals surface area contributed by atoms with Crippen LogP contribution in [-0.2, 0) is 26.2 Å². The molecule has 7 nitrogen and oxygen atoms in total. The van der Waals surface area contributed by atoms with Gasteiger partial charge in [0, 0.05) is 35.3 Å². The quantitative estimate of drug-likeness (QED) is 0.594. The summed E-state index contributed by atoms with van der Waals surface area (Å²) in [5, 5.41) is 2.92. The molecule has 1 N–H and O–H groups in total. The maximum Gasteiger partial charge on any atom is 0.244 e. The molecule has 2 aromatic rings. The van der Waals surface area contributed by atoms with Crippen molar-refractivity contribution in [3.8, 4) is 0 Å². The van der Waals surface area contributed by atoms with Crippen molar-refractivity contribution in [1.82, 2.24) is 10.2 Å². The van der Waals surface area contributed by atoms with E-state index in [1.54, 1.807) is 18.2 Å². The van der Waals surface area contributed by atoms with Crippen molar-refractivity contribution in [1.29, 1.82) is 0 Å². The van der Waals surface area contributed by atoms with Crippen LogP contribution in [0.2, 0.25) is 10.0 Å². The molecule has 0 aliphatic rings. The molecule has 0 aliphatic heterocycles. The van der Waals surface area contributed by atoms with Crippen LogP contribution in [0.4, 0.5) is 14.5 Å². The Labute approximate surface area is 194 Å². The predicted molar refractivity (Wildman–Crippen MR) is 119 cm³/mol. The SMILES string of the molecule is CNC(=O)[C@@H](C)N(Cc1c(Cl)cccc1Cl)C(=O)CN(c1ccc(F)c(F)c1)S(C)(=O)=O. The second-order valence-corrected chi connectivity index (χ2v) is 9.60. The molecular weight excluding hydrogens is 487 g/mol. The van der Waals surface area contributed by atoms with Gasteiger partial charge in [0.1, 0.15) is 12.6 Å². The fourth-order valence-corrected chi connectivity index (χ4v) is 4.26. The number of hydrogen-bond donors (Lipinski definition) is 1. The van der Waals surface area contributed by atoms with E-state index in [-0.39, 0.29) is 22.3 Å². The summed E-state index contributed by atoms with van der Waals surface area (Å²) in [4.78, 5) is 26.6. The van der Waals surface area contributed by atoms with Crippen LogP contribution in [0.15, 0.2) is 36.4 Å². The minimum atomic E-state index is -4.07. The lowest BCUT2D eigenvalue weighted by Crippen LogP contribution is -2.50. The fourth-order valence-electron chi connectivity index (χ4n) is 2.90. The zero-order valence-corrected chi connectivity index (χ0v) is 19.7. The van der Waals surface area contributed by atoms with E-state index < -0.39 is 46.1 Å². The van der Waals surface area contributed by atoms with Gasteiger partial charge in [0.25, 0.3) is 0 Å². The number of nitrogens with one attached hydrogen (secondary N) is 1. The Morgan fingerprint density at radius 3 is 2.19 bits per heavy atom. The van der Waals surface area contributed by atoms with Crippen LogP contribution in [0, 0.1) is 11.6 Å². The van der Waals surface area contributed by atoms with Gasteiger partial charge >= 0.3 is 0 Å². The number of carbonyl (C=O) groups excluding carboxylic acids is 2. The third-order valence-electron chi connectivity index (χ3n) is 4.67. The summed E-state index contributed by atoms with van der Waals surface area (Å²) in [6.07, 6.45) is 0.818. The van der Waals surface area contributed by atoms with Crippen molar-refractivity contribution in [3.63, 3.8) is 0 Å². The van der Waals surface area contributed by atoms with Gasteiger partial charge in [-0.25, -0.2) is 17.2 Å². The number of hydrogen-bond acceptors (Lipinski definition) is 4. The maximum absolute atomic E-state index is 13.7. The van der Waals surface area contributed by atoms with E-state index in [2.05, 4.69) is 5.32 Å². The number of sulfonamides is 1. The molecule has 1 atom stereocenters. The van der Waals surface area contributed by atoms with E-state index in [0.29, 0.717) is 15.9 Å². The lowest BCUT2D eigenvalue weighted by atomic mass is 10.1. The van der Waals surface area contributed by atoms with E-state index >= 15 is 0 Å².